The standard InChI is InChI=1S/C15H32N2O/c1-4-10-16-14(9-11-18)12-17(3)15-7-5-13(2)6-8-15/h13-16,18H,4-12H2,1-3H3. The summed E-state index contributed by atoms with van der Waals surface area (Å²) in [6, 6.07) is 1.20. The lowest BCUT2D eigenvalue weighted by atomic mass is 9.86. The number of hydrogen-bond donors (Lipinski definition) is 2. The van der Waals surface area contributed by atoms with Crippen LogP contribution in [0.5, 0.6) is 0 Å². The van der Waals surface area contributed by atoms with Crippen LogP contribution in [0.4, 0.5) is 0 Å². The van der Waals surface area contributed by atoms with E-state index >= 15 is 0 Å². The SMILES string of the molecule is CCCNC(CCO)CN(C)C1CCC(C)CC1. The Kier molecular flexibility index (Phi) is 7.87. The third-order valence-electron chi connectivity index (χ3n) is 4.28. The van der Waals surface area contributed by atoms with Gasteiger partial charge in [-0.05, 0) is 58.0 Å². The molecule has 108 valence electrons. The molecule has 1 rings (SSSR count). The molecule has 0 heterocycles. The Bertz CT molecular complexity index is 203. The van der Waals surface area contributed by atoms with E-state index in [2.05, 4.69) is 31.1 Å². The Morgan fingerprint density at radius 2 is 1.94 bits per heavy atom. The Morgan fingerprint density at radius 3 is 2.50 bits per heavy atom. The number of rotatable bonds is 8. The molecule has 0 bridgehead atoms. The van der Waals surface area contributed by atoms with Gasteiger partial charge in [-0.1, -0.05) is 13.8 Å². The van der Waals surface area contributed by atoms with Crippen LogP contribution in [0.2, 0.25) is 0 Å². The van der Waals surface area contributed by atoms with Crippen LogP contribution in [0.25, 0.3) is 0 Å². The van der Waals surface area contributed by atoms with Gasteiger partial charge in [0.2, 0.25) is 0 Å². The van der Waals surface area contributed by atoms with E-state index in [1.807, 2.05) is 0 Å². The highest BCUT2D eigenvalue weighted by molar-refractivity contribution is 4.80. The normalized spacial score (nSPS) is 26.5. The van der Waals surface area contributed by atoms with Crippen molar-refractivity contribution in [3.05, 3.63) is 0 Å². The zero-order valence-electron chi connectivity index (χ0n) is 12.5. The molecule has 0 saturated heterocycles. The van der Waals surface area contributed by atoms with Gasteiger partial charge < -0.3 is 15.3 Å². The highest BCUT2D eigenvalue weighted by Crippen LogP contribution is 2.26. The maximum Gasteiger partial charge on any atom is 0.0446 e. The maximum absolute atomic E-state index is 9.14. The second kappa shape index (κ2) is 8.89. The summed E-state index contributed by atoms with van der Waals surface area (Å²) in [5.41, 5.74) is 0. The Hall–Kier alpha value is -0.120. The molecule has 1 saturated carbocycles. The van der Waals surface area contributed by atoms with Crippen molar-refractivity contribution in [1.29, 1.82) is 0 Å². The van der Waals surface area contributed by atoms with Crippen LogP contribution >= 0.6 is 0 Å². The van der Waals surface area contributed by atoms with Crippen LogP contribution in [0, 0.1) is 5.92 Å². The van der Waals surface area contributed by atoms with Gasteiger partial charge in [0, 0.05) is 25.2 Å². The summed E-state index contributed by atoms with van der Waals surface area (Å²) in [5.74, 6) is 0.918. The summed E-state index contributed by atoms with van der Waals surface area (Å²) < 4.78 is 0. The third kappa shape index (κ3) is 5.68. The van der Waals surface area contributed by atoms with Gasteiger partial charge in [0.05, 0.1) is 0 Å². The van der Waals surface area contributed by atoms with Crippen LogP contribution in [0.1, 0.15) is 52.4 Å². The fraction of sp³-hybridized carbons (Fsp3) is 1.00. The molecule has 1 aliphatic carbocycles. The first kappa shape index (κ1) is 15.9. The van der Waals surface area contributed by atoms with E-state index < -0.39 is 0 Å². The molecule has 1 atom stereocenters. The average Bonchev–Trinajstić information content (AvgIpc) is 2.37. The lowest BCUT2D eigenvalue weighted by Gasteiger charge is -2.35. The molecule has 2 N–H and O–H groups in total. The fourth-order valence-electron chi connectivity index (χ4n) is 2.94. The molecular formula is C15H32N2O. The van der Waals surface area contributed by atoms with Crippen LogP contribution in [0.15, 0.2) is 0 Å². The quantitative estimate of drug-likeness (QED) is 0.699. The Balaban J connectivity index is 2.32. The number of aliphatic hydroxyl groups is 1. The van der Waals surface area contributed by atoms with Gasteiger partial charge in [0.15, 0.2) is 0 Å². The largest absolute Gasteiger partial charge is 0.396 e. The minimum Gasteiger partial charge on any atom is -0.396 e. The van der Waals surface area contributed by atoms with Crippen molar-refractivity contribution >= 4 is 0 Å². The van der Waals surface area contributed by atoms with E-state index in [0.29, 0.717) is 6.04 Å². The molecule has 0 aromatic rings. The minimum atomic E-state index is 0.289. The zero-order valence-corrected chi connectivity index (χ0v) is 12.5. The predicted octanol–water partition coefficient (Wildman–Crippen LogP) is 2.25. The molecule has 0 aromatic heterocycles. The highest BCUT2D eigenvalue weighted by Gasteiger charge is 2.23. The number of aliphatic hydroxyl groups excluding tert-OH is 1. The molecule has 0 radical (unpaired) electrons. The molecule has 18 heavy (non-hydrogen) atoms. The molecule has 1 aliphatic rings. The van der Waals surface area contributed by atoms with Gasteiger partial charge in [-0.2, -0.15) is 0 Å². The summed E-state index contributed by atoms with van der Waals surface area (Å²) in [6.45, 7) is 6.97. The molecule has 0 spiro atoms. The smallest absolute Gasteiger partial charge is 0.0446 e. The van der Waals surface area contributed by atoms with Crippen molar-refractivity contribution in [1.82, 2.24) is 10.2 Å². The van der Waals surface area contributed by atoms with Crippen molar-refractivity contribution in [3.63, 3.8) is 0 Å². The minimum absolute atomic E-state index is 0.289. The highest BCUT2D eigenvalue weighted by atomic mass is 16.3. The number of hydrogen-bond acceptors (Lipinski definition) is 3. The Morgan fingerprint density at radius 1 is 1.28 bits per heavy atom. The van der Waals surface area contributed by atoms with Crippen LogP contribution in [0.3, 0.4) is 0 Å². The van der Waals surface area contributed by atoms with E-state index in [0.717, 1.165) is 37.9 Å². The van der Waals surface area contributed by atoms with Crippen molar-refractivity contribution in [2.75, 3.05) is 26.7 Å². The molecule has 0 aliphatic heterocycles. The molecular weight excluding hydrogens is 224 g/mol. The monoisotopic (exact) mass is 256 g/mol. The molecule has 3 heteroatoms. The number of nitrogens with one attached hydrogen (secondary N) is 1. The van der Waals surface area contributed by atoms with Crippen LogP contribution < -0.4 is 5.32 Å². The summed E-state index contributed by atoms with van der Waals surface area (Å²) in [7, 11) is 2.25. The van der Waals surface area contributed by atoms with Gasteiger partial charge in [0.1, 0.15) is 0 Å². The summed E-state index contributed by atoms with van der Waals surface area (Å²) in [4.78, 5) is 2.51. The maximum atomic E-state index is 9.14. The summed E-state index contributed by atoms with van der Waals surface area (Å²) >= 11 is 0. The van der Waals surface area contributed by atoms with E-state index in [1.165, 1.54) is 25.7 Å². The summed E-state index contributed by atoms with van der Waals surface area (Å²) in [5, 5.41) is 12.7. The van der Waals surface area contributed by atoms with E-state index in [1.54, 1.807) is 0 Å². The van der Waals surface area contributed by atoms with Crippen molar-refractivity contribution < 1.29 is 5.11 Å². The first-order chi connectivity index (χ1) is 8.67. The first-order valence-corrected chi connectivity index (χ1v) is 7.71. The lowest BCUT2D eigenvalue weighted by Crippen LogP contribution is -2.45. The van der Waals surface area contributed by atoms with E-state index in [-0.39, 0.29) is 6.61 Å². The van der Waals surface area contributed by atoms with Gasteiger partial charge in [-0.25, -0.2) is 0 Å². The summed E-state index contributed by atoms with van der Waals surface area (Å²) in [6.07, 6.45) is 7.47. The third-order valence-corrected chi connectivity index (χ3v) is 4.28. The molecule has 0 amide bonds. The van der Waals surface area contributed by atoms with E-state index in [9.17, 15) is 0 Å². The molecule has 0 aromatic carbocycles. The topological polar surface area (TPSA) is 35.5 Å². The molecule has 1 unspecified atom stereocenters. The molecule has 3 nitrogen and oxygen atoms in total. The van der Waals surface area contributed by atoms with Crippen molar-refractivity contribution in [2.45, 2.75) is 64.5 Å². The number of likely N-dealkylation sites (N-methyl/N-ethyl adjacent to an activating group) is 1. The van der Waals surface area contributed by atoms with Gasteiger partial charge >= 0.3 is 0 Å². The van der Waals surface area contributed by atoms with Crippen molar-refractivity contribution in [3.8, 4) is 0 Å². The van der Waals surface area contributed by atoms with Crippen molar-refractivity contribution in [2.24, 2.45) is 5.92 Å². The Labute approximate surface area is 113 Å². The fourth-order valence-corrected chi connectivity index (χ4v) is 2.94. The average molecular weight is 256 g/mol. The number of nitrogens with zero attached hydrogens (tertiary/aromatic N) is 1. The second-order valence-electron chi connectivity index (χ2n) is 6.02. The first-order valence-electron chi connectivity index (χ1n) is 7.71. The predicted molar refractivity (Wildman–Crippen MR) is 77.8 cm³/mol. The lowest BCUT2D eigenvalue weighted by molar-refractivity contribution is 0.147. The van der Waals surface area contributed by atoms with Crippen LogP contribution in [-0.4, -0.2) is 48.8 Å². The van der Waals surface area contributed by atoms with Gasteiger partial charge in [-0.15, -0.1) is 0 Å². The second-order valence-corrected chi connectivity index (χ2v) is 6.02. The zero-order chi connectivity index (χ0) is 13.4. The van der Waals surface area contributed by atoms with Crippen LogP contribution in [-0.2, 0) is 0 Å². The van der Waals surface area contributed by atoms with E-state index in [4.69, 9.17) is 5.11 Å². The molecule has 1 fully saturated rings. The van der Waals surface area contributed by atoms with Gasteiger partial charge in [0.25, 0.3) is 0 Å². The van der Waals surface area contributed by atoms with Gasteiger partial charge in [-0.3, -0.25) is 0 Å².